The van der Waals surface area contributed by atoms with Crippen molar-refractivity contribution in [3.63, 3.8) is 0 Å². The topological polar surface area (TPSA) is 56.5 Å². The summed E-state index contributed by atoms with van der Waals surface area (Å²) in [5.74, 6) is -0.242. The monoisotopic (exact) mass is 329 g/mol. The summed E-state index contributed by atoms with van der Waals surface area (Å²) in [5, 5.41) is 9.22. The first-order valence-electron chi connectivity index (χ1n) is 8.37. The molecule has 0 amide bonds. The lowest BCUT2D eigenvalue weighted by Gasteiger charge is -2.21. The van der Waals surface area contributed by atoms with Crippen molar-refractivity contribution in [2.75, 3.05) is 18.0 Å². The molecule has 4 heteroatoms. The number of benzene rings is 2. The molecule has 0 unspecified atom stereocenters. The fraction of sp³-hybridized carbons (Fsp3) is 0.190. The minimum atomic E-state index is -0.242. The molecule has 0 spiro atoms. The Morgan fingerprint density at radius 3 is 2.24 bits per heavy atom. The summed E-state index contributed by atoms with van der Waals surface area (Å²) < 4.78 is 0. The van der Waals surface area contributed by atoms with Gasteiger partial charge in [0.05, 0.1) is 11.4 Å². The Morgan fingerprint density at radius 1 is 1.00 bits per heavy atom. The second-order valence-corrected chi connectivity index (χ2v) is 5.73. The van der Waals surface area contributed by atoms with Crippen LogP contribution >= 0.6 is 0 Å². The van der Waals surface area contributed by atoms with Gasteiger partial charge in [0.25, 0.3) is 0 Å². The van der Waals surface area contributed by atoms with E-state index < -0.39 is 0 Å². The number of hydrogen-bond acceptors (Lipinski definition) is 4. The summed E-state index contributed by atoms with van der Waals surface area (Å²) in [6.45, 7) is 6.16. The number of Topliss-reactive ketones (excluding diaryl/α,β-unsaturated/α-hetero) is 1. The Kier molecular flexibility index (Phi) is 4.76. The summed E-state index contributed by atoms with van der Waals surface area (Å²) in [5.41, 5.74) is 4.00. The van der Waals surface area contributed by atoms with E-state index in [2.05, 4.69) is 23.7 Å². The van der Waals surface area contributed by atoms with Gasteiger partial charge in [0, 0.05) is 29.9 Å². The number of nitrogens with zero attached hydrogens (tertiary/aromatic N) is 3. The number of fused-ring (bicyclic) bond motifs is 1. The van der Waals surface area contributed by atoms with Gasteiger partial charge in [0.2, 0.25) is 5.78 Å². The average molecular weight is 329 g/mol. The van der Waals surface area contributed by atoms with E-state index in [0.717, 1.165) is 30.0 Å². The van der Waals surface area contributed by atoms with Gasteiger partial charge in [-0.3, -0.25) is 4.79 Å². The van der Waals surface area contributed by atoms with Crippen molar-refractivity contribution in [3.8, 4) is 6.07 Å². The van der Waals surface area contributed by atoms with Crippen LogP contribution in [0.3, 0.4) is 0 Å². The molecule has 0 radical (unpaired) electrons. The third-order valence-corrected chi connectivity index (χ3v) is 4.32. The minimum Gasteiger partial charge on any atom is -0.372 e. The second kappa shape index (κ2) is 7.14. The highest BCUT2D eigenvalue weighted by atomic mass is 16.1. The van der Waals surface area contributed by atoms with Gasteiger partial charge in [-0.05, 0) is 44.2 Å². The second-order valence-electron chi connectivity index (χ2n) is 5.73. The number of anilines is 1. The van der Waals surface area contributed by atoms with E-state index in [1.807, 2.05) is 42.5 Å². The van der Waals surface area contributed by atoms with Gasteiger partial charge in [0.1, 0.15) is 11.6 Å². The van der Waals surface area contributed by atoms with E-state index in [4.69, 9.17) is 0 Å². The minimum absolute atomic E-state index is 0.122. The van der Waals surface area contributed by atoms with E-state index in [0.29, 0.717) is 11.3 Å². The van der Waals surface area contributed by atoms with Crippen LogP contribution in [0.25, 0.3) is 0 Å². The maximum atomic E-state index is 12.3. The summed E-state index contributed by atoms with van der Waals surface area (Å²) >= 11 is 0. The van der Waals surface area contributed by atoms with Crippen LogP contribution < -0.4 is 4.90 Å². The number of ketones is 1. The molecule has 0 bridgehead atoms. The van der Waals surface area contributed by atoms with E-state index in [-0.39, 0.29) is 11.4 Å². The molecule has 2 aromatic carbocycles. The molecular formula is C21H19N3O. The molecule has 25 heavy (non-hydrogen) atoms. The summed E-state index contributed by atoms with van der Waals surface area (Å²) in [6, 6.07) is 17.2. The van der Waals surface area contributed by atoms with Gasteiger partial charge in [-0.1, -0.05) is 24.3 Å². The Morgan fingerprint density at radius 2 is 1.64 bits per heavy atom. The highest BCUT2D eigenvalue weighted by Crippen LogP contribution is 2.25. The molecule has 2 aromatic rings. The summed E-state index contributed by atoms with van der Waals surface area (Å²) in [7, 11) is 0. The zero-order valence-corrected chi connectivity index (χ0v) is 14.4. The number of carbonyl (C=O) groups excluding carboxylic acids is 1. The van der Waals surface area contributed by atoms with Crippen LogP contribution in [0.2, 0.25) is 0 Å². The van der Waals surface area contributed by atoms with Gasteiger partial charge in [-0.25, -0.2) is 4.99 Å². The fourth-order valence-corrected chi connectivity index (χ4v) is 2.97. The lowest BCUT2D eigenvalue weighted by Crippen LogP contribution is -2.21. The fourth-order valence-electron chi connectivity index (χ4n) is 2.97. The molecule has 3 rings (SSSR count). The molecule has 0 saturated heterocycles. The molecule has 1 aliphatic rings. The molecule has 1 aliphatic carbocycles. The van der Waals surface area contributed by atoms with Gasteiger partial charge in [-0.2, -0.15) is 5.26 Å². The van der Waals surface area contributed by atoms with Crippen LogP contribution in [0.15, 0.2) is 65.2 Å². The van der Waals surface area contributed by atoms with Crippen LogP contribution in [0.4, 0.5) is 11.4 Å². The Hall–Kier alpha value is -3.19. The van der Waals surface area contributed by atoms with Crippen molar-refractivity contribution in [2.45, 2.75) is 13.8 Å². The number of carbonyl (C=O) groups is 1. The maximum Gasteiger partial charge on any atom is 0.204 e. The smallest absolute Gasteiger partial charge is 0.204 e. The van der Waals surface area contributed by atoms with Crippen LogP contribution in [-0.2, 0) is 0 Å². The van der Waals surface area contributed by atoms with Crippen molar-refractivity contribution in [1.82, 2.24) is 0 Å². The predicted molar refractivity (Wildman–Crippen MR) is 101 cm³/mol. The molecule has 0 aliphatic heterocycles. The Labute approximate surface area is 147 Å². The number of aliphatic imine (C=N–C) groups is 1. The van der Waals surface area contributed by atoms with Gasteiger partial charge in [0.15, 0.2) is 0 Å². The van der Waals surface area contributed by atoms with Crippen molar-refractivity contribution < 1.29 is 4.79 Å². The third-order valence-electron chi connectivity index (χ3n) is 4.32. The van der Waals surface area contributed by atoms with Crippen LogP contribution in [-0.4, -0.2) is 24.6 Å². The van der Waals surface area contributed by atoms with Gasteiger partial charge >= 0.3 is 0 Å². The van der Waals surface area contributed by atoms with Crippen molar-refractivity contribution >= 4 is 22.9 Å². The normalized spacial score (nSPS) is 14.7. The first-order chi connectivity index (χ1) is 12.2. The van der Waals surface area contributed by atoms with Crippen LogP contribution in [0.5, 0.6) is 0 Å². The first kappa shape index (κ1) is 16.7. The third kappa shape index (κ3) is 3.22. The Balaban J connectivity index is 2.01. The zero-order valence-electron chi connectivity index (χ0n) is 14.4. The van der Waals surface area contributed by atoms with E-state index in [9.17, 15) is 10.1 Å². The quantitative estimate of drug-likeness (QED) is 0.840. The average Bonchev–Trinajstić information content (AvgIpc) is 2.66. The van der Waals surface area contributed by atoms with Gasteiger partial charge < -0.3 is 4.90 Å². The molecule has 4 nitrogen and oxygen atoms in total. The molecule has 0 fully saturated rings. The standard InChI is InChI=1S/C21H19N3O/c1-3-24(4-2)17-11-9-16(10-12-17)23-20-13-15(14-22)21(25)19-8-6-5-7-18(19)20/h5-13H,3-4H2,1-2H3. The van der Waals surface area contributed by atoms with Crippen molar-refractivity contribution in [1.29, 1.82) is 5.26 Å². The molecule has 0 aromatic heterocycles. The molecule has 0 N–H and O–H groups in total. The molecule has 124 valence electrons. The van der Waals surface area contributed by atoms with Crippen LogP contribution in [0.1, 0.15) is 29.8 Å². The molecular weight excluding hydrogens is 310 g/mol. The number of nitriles is 1. The molecule has 0 atom stereocenters. The molecule has 0 saturated carbocycles. The maximum absolute atomic E-state index is 12.3. The number of rotatable bonds is 4. The van der Waals surface area contributed by atoms with E-state index in [1.165, 1.54) is 0 Å². The molecule has 0 heterocycles. The Bertz CT molecular complexity index is 897. The number of hydrogen-bond donors (Lipinski definition) is 0. The lowest BCUT2D eigenvalue weighted by atomic mass is 9.89. The predicted octanol–water partition coefficient (Wildman–Crippen LogP) is 4.30. The summed E-state index contributed by atoms with van der Waals surface area (Å²) in [6.07, 6.45) is 1.57. The van der Waals surface area contributed by atoms with Crippen LogP contribution in [0, 0.1) is 11.3 Å². The summed E-state index contributed by atoms with van der Waals surface area (Å²) in [4.78, 5) is 19.2. The van der Waals surface area contributed by atoms with Gasteiger partial charge in [-0.15, -0.1) is 0 Å². The lowest BCUT2D eigenvalue weighted by molar-refractivity contribution is 0.103. The highest BCUT2D eigenvalue weighted by Gasteiger charge is 2.23. The van der Waals surface area contributed by atoms with Crippen molar-refractivity contribution in [3.05, 3.63) is 71.3 Å². The van der Waals surface area contributed by atoms with E-state index >= 15 is 0 Å². The first-order valence-corrected chi connectivity index (χ1v) is 8.37. The SMILES string of the molecule is CCN(CC)c1ccc(N=C2C=C(C#N)C(=O)c3ccccc32)cc1. The highest BCUT2D eigenvalue weighted by molar-refractivity contribution is 6.27. The number of allylic oxidation sites excluding steroid dienone is 2. The van der Waals surface area contributed by atoms with Crippen molar-refractivity contribution in [2.24, 2.45) is 4.99 Å². The van der Waals surface area contributed by atoms with E-state index in [1.54, 1.807) is 18.2 Å². The zero-order chi connectivity index (χ0) is 17.8. The largest absolute Gasteiger partial charge is 0.372 e.